The highest BCUT2D eigenvalue weighted by Gasteiger charge is 2.35. The van der Waals surface area contributed by atoms with E-state index in [2.05, 4.69) is 5.92 Å². The number of benzene rings is 1. The van der Waals surface area contributed by atoms with Crippen LogP contribution in [0.2, 0.25) is 0 Å². The summed E-state index contributed by atoms with van der Waals surface area (Å²) in [4.78, 5) is 26.1. The van der Waals surface area contributed by atoms with Gasteiger partial charge in [-0.1, -0.05) is 36.3 Å². The second kappa shape index (κ2) is 4.71. The Morgan fingerprint density at radius 1 is 1.24 bits per heavy atom. The van der Waals surface area contributed by atoms with Gasteiger partial charge in [-0.15, -0.1) is 6.42 Å². The van der Waals surface area contributed by atoms with Crippen molar-refractivity contribution in [2.24, 2.45) is 0 Å². The lowest BCUT2D eigenvalue weighted by atomic mass is 10.2. The molecule has 1 aliphatic rings. The quantitative estimate of drug-likeness (QED) is 0.574. The first-order chi connectivity index (χ1) is 8.22. The topological polar surface area (TPSA) is 40.6 Å². The van der Waals surface area contributed by atoms with Gasteiger partial charge in [0.05, 0.1) is 13.1 Å². The van der Waals surface area contributed by atoms with E-state index in [1.807, 2.05) is 30.3 Å². The van der Waals surface area contributed by atoms with Crippen molar-refractivity contribution in [2.75, 3.05) is 13.1 Å². The maximum Gasteiger partial charge on any atom is 0.328 e. The molecular formula is C13H12N2O2. The molecular weight excluding hydrogens is 216 g/mol. The molecule has 3 amide bonds. The lowest BCUT2D eigenvalue weighted by molar-refractivity contribution is -0.125. The monoisotopic (exact) mass is 228 g/mol. The number of hydrogen-bond donors (Lipinski definition) is 0. The molecule has 1 aromatic rings. The predicted octanol–water partition coefficient (Wildman–Crippen LogP) is 1.08. The van der Waals surface area contributed by atoms with Gasteiger partial charge in [0, 0.05) is 0 Å². The van der Waals surface area contributed by atoms with Gasteiger partial charge in [0.25, 0.3) is 5.91 Å². The molecule has 1 aliphatic heterocycles. The van der Waals surface area contributed by atoms with E-state index >= 15 is 0 Å². The summed E-state index contributed by atoms with van der Waals surface area (Å²) in [5, 5.41) is 0. The first-order valence-corrected chi connectivity index (χ1v) is 5.29. The molecule has 4 nitrogen and oxygen atoms in total. The van der Waals surface area contributed by atoms with E-state index in [1.54, 1.807) is 0 Å². The van der Waals surface area contributed by atoms with Crippen LogP contribution in [0.3, 0.4) is 0 Å². The molecule has 0 aliphatic carbocycles. The maximum absolute atomic E-state index is 11.8. The Hall–Kier alpha value is -2.28. The third-order valence-electron chi connectivity index (χ3n) is 2.59. The molecule has 0 atom stereocenters. The van der Waals surface area contributed by atoms with Gasteiger partial charge in [-0.05, 0) is 5.56 Å². The molecule has 0 N–H and O–H groups in total. The number of imide groups is 1. The minimum absolute atomic E-state index is 0.0792. The van der Waals surface area contributed by atoms with Gasteiger partial charge < -0.3 is 4.90 Å². The zero-order chi connectivity index (χ0) is 12.3. The molecule has 1 aromatic carbocycles. The average molecular weight is 228 g/mol. The summed E-state index contributed by atoms with van der Waals surface area (Å²) >= 11 is 0. The summed E-state index contributed by atoms with van der Waals surface area (Å²) in [7, 11) is 0. The lowest BCUT2D eigenvalue weighted by Crippen LogP contribution is -2.32. The fourth-order valence-corrected chi connectivity index (χ4v) is 1.75. The normalized spacial score (nSPS) is 15.2. The SMILES string of the molecule is C#CCN1CC(=O)N(Cc2ccccc2)C1=O. The van der Waals surface area contributed by atoms with Crippen LogP contribution in [-0.2, 0) is 11.3 Å². The molecule has 0 unspecified atom stereocenters. The summed E-state index contributed by atoms with van der Waals surface area (Å²) in [6.45, 7) is 0.561. The van der Waals surface area contributed by atoms with Crippen molar-refractivity contribution < 1.29 is 9.59 Å². The van der Waals surface area contributed by atoms with Crippen molar-refractivity contribution in [1.82, 2.24) is 9.80 Å². The summed E-state index contributed by atoms with van der Waals surface area (Å²) < 4.78 is 0. The van der Waals surface area contributed by atoms with Gasteiger partial charge in [0.15, 0.2) is 0 Å². The van der Waals surface area contributed by atoms with E-state index in [0.29, 0.717) is 6.54 Å². The zero-order valence-corrected chi connectivity index (χ0v) is 9.30. The number of carbonyl (C=O) groups is 2. The smallest absolute Gasteiger partial charge is 0.304 e. The number of rotatable bonds is 3. The van der Waals surface area contributed by atoms with Gasteiger partial charge in [0.2, 0.25) is 0 Å². The molecule has 0 spiro atoms. The summed E-state index contributed by atoms with van der Waals surface area (Å²) in [5.74, 6) is 2.17. The molecule has 2 rings (SSSR count). The fraction of sp³-hybridized carbons (Fsp3) is 0.231. The van der Waals surface area contributed by atoms with Gasteiger partial charge in [-0.2, -0.15) is 0 Å². The minimum Gasteiger partial charge on any atom is -0.304 e. The van der Waals surface area contributed by atoms with Crippen molar-refractivity contribution in [2.45, 2.75) is 6.54 Å². The largest absolute Gasteiger partial charge is 0.328 e. The number of nitrogens with zero attached hydrogens (tertiary/aromatic N) is 2. The number of terminal acetylenes is 1. The van der Waals surface area contributed by atoms with E-state index in [0.717, 1.165) is 5.56 Å². The van der Waals surface area contributed by atoms with Crippen molar-refractivity contribution in [3.05, 3.63) is 35.9 Å². The van der Waals surface area contributed by atoms with Crippen LogP contribution in [0.15, 0.2) is 30.3 Å². The summed E-state index contributed by atoms with van der Waals surface area (Å²) in [6.07, 6.45) is 5.14. The van der Waals surface area contributed by atoms with Crippen LogP contribution >= 0.6 is 0 Å². The van der Waals surface area contributed by atoms with E-state index in [4.69, 9.17) is 6.42 Å². The maximum atomic E-state index is 11.8. The van der Waals surface area contributed by atoms with E-state index < -0.39 is 0 Å². The predicted molar refractivity (Wildman–Crippen MR) is 62.8 cm³/mol. The van der Waals surface area contributed by atoms with Crippen LogP contribution in [0.25, 0.3) is 0 Å². The van der Waals surface area contributed by atoms with Crippen molar-refractivity contribution >= 4 is 11.9 Å². The minimum atomic E-state index is -0.309. The van der Waals surface area contributed by atoms with Crippen LogP contribution in [0, 0.1) is 12.3 Å². The average Bonchev–Trinajstić information content (AvgIpc) is 2.59. The third-order valence-corrected chi connectivity index (χ3v) is 2.59. The van der Waals surface area contributed by atoms with Gasteiger partial charge in [0.1, 0.15) is 6.54 Å². The Kier molecular flexibility index (Phi) is 3.10. The Bertz CT molecular complexity index is 476. The Morgan fingerprint density at radius 3 is 2.59 bits per heavy atom. The zero-order valence-electron chi connectivity index (χ0n) is 9.30. The molecule has 86 valence electrons. The second-order valence-electron chi connectivity index (χ2n) is 3.81. The summed E-state index contributed by atoms with van der Waals surface area (Å²) in [5.41, 5.74) is 0.928. The third kappa shape index (κ3) is 2.28. The molecule has 1 fully saturated rings. The Balaban J connectivity index is 2.10. The number of hydrogen-bond acceptors (Lipinski definition) is 2. The molecule has 0 radical (unpaired) electrons. The van der Waals surface area contributed by atoms with Crippen molar-refractivity contribution in [3.63, 3.8) is 0 Å². The molecule has 0 aromatic heterocycles. The van der Waals surface area contributed by atoms with Gasteiger partial charge in [-0.25, -0.2) is 4.79 Å². The van der Waals surface area contributed by atoms with Crippen LogP contribution in [0.4, 0.5) is 4.79 Å². The molecule has 17 heavy (non-hydrogen) atoms. The number of urea groups is 1. The van der Waals surface area contributed by atoms with Crippen LogP contribution in [0.5, 0.6) is 0 Å². The number of amides is 3. The number of carbonyl (C=O) groups excluding carboxylic acids is 2. The van der Waals surface area contributed by atoms with Gasteiger partial charge in [-0.3, -0.25) is 9.69 Å². The van der Waals surface area contributed by atoms with Gasteiger partial charge >= 0.3 is 6.03 Å². The van der Waals surface area contributed by atoms with Crippen LogP contribution < -0.4 is 0 Å². The van der Waals surface area contributed by atoms with Crippen molar-refractivity contribution in [3.8, 4) is 12.3 Å². The van der Waals surface area contributed by atoms with E-state index in [-0.39, 0.29) is 25.0 Å². The molecule has 0 bridgehead atoms. The van der Waals surface area contributed by atoms with Crippen LogP contribution in [0.1, 0.15) is 5.56 Å². The standard InChI is InChI=1S/C13H12N2O2/c1-2-8-14-10-12(16)15(13(14)17)9-11-6-4-3-5-7-11/h1,3-7H,8-10H2. The molecule has 1 heterocycles. The van der Waals surface area contributed by atoms with E-state index in [9.17, 15) is 9.59 Å². The highest BCUT2D eigenvalue weighted by Crippen LogP contribution is 2.13. The highest BCUT2D eigenvalue weighted by atomic mass is 16.2. The van der Waals surface area contributed by atoms with Crippen LogP contribution in [-0.4, -0.2) is 34.8 Å². The Labute approximate surface area is 99.8 Å². The molecule has 0 saturated carbocycles. The lowest BCUT2D eigenvalue weighted by Gasteiger charge is -2.15. The van der Waals surface area contributed by atoms with E-state index in [1.165, 1.54) is 9.80 Å². The Morgan fingerprint density at radius 2 is 1.94 bits per heavy atom. The fourth-order valence-electron chi connectivity index (χ4n) is 1.75. The molecule has 4 heteroatoms. The first kappa shape index (κ1) is 11.2. The second-order valence-corrected chi connectivity index (χ2v) is 3.81. The van der Waals surface area contributed by atoms with Crippen molar-refractivity contribution in [1.29, 1.82) is 0 Å². The molecule has 1 saturated heterocycles. The highest BCUT2D eigenvalue weighted by molar-refractivity contribution is 6.02. The first-order valence-electron chi connectivity index (χ1n) is 5.29. The summed E-state index contributed by atoms with van der Waals surface area (Å²) in [6, 6.07) is 9.09.